The first-order chi connectivity index (χ1) is 8.28. The zero-order chi connectivity index (χ0) is 13.9. The molecule has 0 fully saturated rings. The number of phenolic OH excluding ortho intramolecular Hbond substituents is 1. The Morgan fingerprint density at radius 1 is 1.21 bits per heavy atom. The van der Waals surface area contributed by atoms with E-state index in [0.29, 0.717) is 0 Å². The molecule has 8 heteroatoms. The Labute approximate surface area is 114 Å². The van der Waals surface area contributed by atoms with Crippen LogP contribution in [0, 0.1) is 0 Å². The van der Waals surface area contributed by atoms with E-state index >= 15 is 0 Å². The monoisotopic (exact) mass is 301 g/mol. The van der Waals surface area contributed by atoms with Crippen molar-refractivity contribution in [2.75, 3.05) is 14.2 Å². The molecule has 0 radical (unpaired) electrons. The van der Waals surface area contributed by atoms with Gasteiger partial charge < -0.3 is 20.3 Å². The number of halogens is 4. The van der Waals surface area contributed by atoms with Gasteiger partial charge in [0, 0.05) is 6.04 Å². The van der Waals surface area contributed by atoms with Gasteiger partial charge in [0.1, 0.15) is 0 Å². The number of aromatic hydroxyl groups is 1. The first-order valence-electron chi connectivity index (χ1n) is 5.05. The van der Waals surface area contributed by atoms with E-state index in [2.05, 4.69) is 0 Å². The van der Waals surface area contributed by atoms with Gasteiger partial charge in [0.05, 0.1) is 20.6 Å². The first kappa shape index (κ1) is 17.7. The zero-order valence-corrected chi connectivity index (χ0v) is 11.1. The fourth-order valence-corrected chi connectivity index (χ4v) is 1.50. The van der Waals surface area contributed by atoms with Crippen LogP contribution in [0.15, 0.2) is 12.1 Å². The molecular weight excluding hydrogens is 287 g/mol. The first-order valence-corrected chi connectivity index (χ1v) is 5.05. The highest BCUT2D eigenvalue weighted by atomic mass is 35.5. The van der Waals surface area contributed by atoms with E-state index in [9.17, 15) is 18.3 Å². The Morgan fingerprint density at radius 3 is 1.95 bits per heavy atom. The van der Waals surface area contributed by atoms with Crippen LogP contribution in [0.2, 0.25) is 0 Å². The van der Waals surface area contributed by atoms with Crippen LogP contribution >= 0.6 is 12.4 Å². The molecule has 0 aliphatic heterocycles. The second kappa shape index (κ2) is 6.72. The second-order valence-electron chi connectivity index (χ2n) is 3.70. The number of alkyl halides is 3. The molecule has 0 saturated heterocycles. The van der Waals surface area contributed by atoms with Crippen molar-refractivity contribution in [1.82, 2.24) is 0 Å². The standard InChI is InChI=1S/C11H14F3NO3.ClH/c1-17-8-3-6(4-9(18-2)10(8)16)7(15)5-11(12,13)14;/h3-4,7,16H,5,15H2,1-2H3;1H/t7-;/m1./s1. The van der Waals surface area contributed by atoms with Crippen LogP contribution in [-0.2, 0) is 0 Å². The Kier molecular flexibility index (Phi) is 6.24. The number of benzene rings is 1. The van der Waals surface area contributed by atoms with E-state index in [4.69, 9.17) is 15.2 Å². The van der Waals surface area contributed by atoms with Crippen molar-refractivity contribution in [3.8, 4) is 17.2 Å². The van der Waals surface area contributed by atoms with E-state index in [-0.39, 0.29) is 35.2 Å². The number of hydrogen-bond donors (Lipinski definition) is 2. The lowest BCUT2D eigenvalue weighted by atomic mass is 10.0. The third-order valence-corrected chi connectivity index (χ3v) is 2.38. The van der Waals surface area contributed by atoms with Gasteiger partial charge in [-0.25, -0.2) is 0 Å². The molecule has 3 N–H and O–H groups in total. The van der Waals surface area contributed by atoms with Gasteiger partial charge in [-0.05, 0) is 17.7 Å². The summed E-state index contributed by atoms with van der Waals surface area (Å²) in [4.78, 5) is 0. The summed E-state index contributed by atoms with van der Waals surface area (Å²) in [5.74, 6) is -0.244. The normalized spacial score (nSPS) is 12.5. The summed E-state index contributed by atoms with van der Waals surface area (Å²) in [5, 5.41) is 9.61. The number of rotatable bonds is 4. The third kappa shape index (κ3) is 4.68. The van der Waals surface area contributed by atoms with Crippen LogP contribution < -0.4 is 15.2 Å². The van der Waals surface area contributed by atoms with Gasteiger partial charge in [-0.2, -0.15) is 13.2 Å². The molecule has 0 unspecified atom stereocenters. The van der Waals surface area contributed by atoms with Crippen molar-refractivity contribution in [3.05, 3.63) is 17.7 Å². The Balaban J connectivity index is 0.00000324. The largest absolute Gasteiger partial charge is 0.502 e. The number of hydrogen-bond acceptors (Lipinski definition) is 4. The zero-order valence-electron chi connectivity index (χ0n) is 10.3. The summed E-state index contributed by atoms with van der Waals surface area (Å²) in [7, 11) is 2.57. The highest BCUT2D eigenvalue weighted by Gasteiger charge is 2.31. The number of methoxy groups -OCH3 is 2. The Morgan fingerprint density at radius 2 is 1.63 bits per heavy atom. The lowest BCUT2D eigenvalue weighted by molar-refractivity contribution is -0.138. The molecule has 1 atom stereocenters. The molecule has 0 heterocycles. The van der Waals surface area contributed by atoms with Crippen LogP contribution in [-0.4, -0.2) is 25.5 Å². The maximum Gasteiger partial charge on any atom is 0.390 e. The quantitative estimate of drug-likeness (QED) is 0.897. The van der Waals surface area contributed by atoms with Crippen molar-refractivity contribution >= 4 is 12.4 Å². The van der Waals surface area contributed by atoms with Gasteiger partial charge in [-0.1, -0.05) is 0 Å². The summed E-state index contributed by atoms with van der Waals surface area (Å²) in [6.07, 6.45) is -5.53. The van der Waals surface area contributed by atoms with E-state index in [0.717, 1.165) is 0 Å². The predicted molar refractivity (Wildman–Crippen MR) is 66.1 cm³/mol. The molecule has 4 nitrogen and oxygen atoms in total. The van der Waals surface area contributed by atoms with Gasteiger partial charge in [0.15, 0.2) is 11.5 Å². The van der Waals surface area contributed by atoms with E-state index in [1.165, 1.54) is 26.4 Å². The fourth-order valence-electron chi connectivity index (χ4n) is 1.50. The van der Waals surface area contributed by atoms with Crippen molar-refractivity contribution in [3.63, 3.8) is 0 Å². The van der Waals surface area contributed by atoms with Crippen LogP contribution in [0.5, 0.6) is 17.2 Å². The number of ether oxygens (including phenoxy) is 2. The average Bonchev–Trinajstić information content (AvgIpc) is 2.27. The van der Waals surface area contributed by atoms with Crippen LogP contribution in [0.1, 0.15) is 18.0 Å². The van der Waals surface area contributed by atoms with Crippen molar-refractivity contribution in [2.24, 2.45) is 5.73 Å². The maximum absolute atomic E-state index is 12.2. The van der Waals surface area contributed by atoms with E-state index in [1.54, 1.807) is 0 Å². The smallest absolute Gasteiger partial charge is 0.390 e. The van der Waals surface area contributed by atoms with E-state index in [1.807, 2.05) is 0 Å². The minimum Gasteiger partial charge on any atom is -0.502 e. The maximum atomic E-state index is 12.2. The lowest BCUT2D eigenvalue weighted by Crippen LogP contribution is -2.20. The predicted octanol–water partition coefficient (Wildman–Crippen LogP) is 2.78. The molecule has 110 valence electrons. The minimum absolute atomic E-state index is 0. The molecule has 0 aliphatic carbocycles. The Bertz CT molecular complexity index is 401. The molecule has 19 heavy (non-hydrogen) atoms. The SMILES string of the molecule is COc1cc([C@H](N)CC(F)(F)F)cc(OC)c1O.Cl. The highest BCUT2D eigenvalue weighted by Crippen LogP contribution is 2.39. The summed E-state index contributed by atoms with van der Waals surface area (Å²) in [6.45, 7) is 0. The van der Waals surface area contributed by atoms with Crippen LogP contribution in [0.25, 0.3) is 0 Å². The van der Waals surface area contributed by atoms with Gasteiger partial charge in [0.2, 0.25) is 5.75 Å². The van der Waals surface area contributed by atoms with Crippen LogP contribution in [0.4, 0.5) is 13.2 Å². The van der Waals surface area contributed by atoms with Gasteiger partial charge in [-0.15, -0.1) is 12.4 Å². The summed E-state index contributed by atoms with van der Waals surface area (Å²) >= 11 is 0. The number of phenols is 1. The van der Waals surface area contributed by atoms with Crippen molar-refractivity contribution in [1.29, 1.82) is 0 Å². The van der Waals surface area contributed by atoms with Gasteiger partial charge in [-0.3, -0.25) is 0 Å². The fraction of sp³-hybridized carbons (Fsp3) is 0.455. The van der Waals surface area contributed by atoms with Crippen molar-refractivity contribution < 1.29 is 27.8 Å². The molecule has 0 aromatic heterocycles. The molecule has 0 spiro atoms. The summed E-state index contributed by atoms with van der Waals surface area (Å²) in [6, 6.07) is 1.27. The van der Waals surface area contributed by atoms with E-state index < -0.39 is 18.6 Å². The van der Waals surface area contributed by atoms with Crippen molar-refractivity contribution in [2.45, 2.75) is 18.6 Å². The molecule has 1 aromatic rings. The Hall–Kier alpha value is -1.34. The lowest BCUT2D eigenvalue weighted by Gasteiger charge is -2.17. The third-order valence-electron chi connectivity index (χ3n) is 2.38. The van der Waals surface area contributed by atoms with Crippen LogP contribution in [0.3, 0.4) is 0 Å². The molecule has 0 aliphatic rings. The molecule has 0 amide bonds. The average molecular weight is 302 g/mol. The van der Waals surface area contributed by atoms with Gasteiger partial charge >= 0.3 is 6.18 Å². The second-order valence-corrected chi connectivity index (χ2v) is 3.70. The molecule has 1 rings (SSSR count). The molecule has 1 aromatic carbocycles. The number of nitrogens with two attached hydrogens (primary N) is 1. The molecule has 0 bridgehead atoms. The molecular formula is C11H15ClF3NO3. The summed E-state index contributed by atoms with van der Waals surface area (Å²) in [5.41, 5.74) is 5.65. The van der Waals surface area contributed by atoms with Gasteiger partial charge in [0.25, 0.3) is 0 Å². The molecule has 0 saturated carbocycles. The highest BCUT2D eigenvalue weighted by molar-refractivity contribution is 5.85. The minimum atomic E-state index is -4.36. The summed E-state index contributed by atoms with van der Waals surface area (Å²) < 4.78 is 46.4. The topological polar surface area (TPSA) is 64.7 Å².